The van der Waals surface area contributed by atoms with E-state index in [0.717, 1.165) is 35.5 Å². The molecule has 0 amide bonds. The first-order valence-electron chi connectivity index (χ1n) is 5.33. The Morgan fingerprint density at radius 3 is 2.88 bits per heavy atom. The van der Waals surface area contributed by atoms with Crippen LogP contribution >= 0.6 is 23.5 Å². The van der Waals surface area contributed by atoms with Crippen molar-refractivity contribution < 1.29 is 13.6 Å². The highest BCUT2D eigenvalue weighted by Crippen LogP contribution is 2.26. The Morgan fingerprint density at radius 2 is 2.18 bits per heavy atom. The zero-order valence-corrected chi connectivity index (χ0v) is 10.8. The number of carbonyl (C=O) groups excluding carboxylic acids is 1. The Morgan fingerprint density at radius 1 is 1.35 bits per heavy atom. The number of hydrogen-bond donors (Lipinski definition) is 0. The monoisotopic (exact) mass is 274 g/mol. The number of benzene rings is 1. The molecule has 1 aromatic rings. The Hall–Kier alpha value is -0.550. The van der Waals surface area contributed by atoms with Crippen molar-refractivity contribution in [3.8, 4) is 0 Å². The molecule has 1 aliphatic heterocycles. The second kappa shape index (κ2) is 5.87. The van der Waals surface area contributed by atoms with Crippen molar-refractivity contribution in [2.24, 2.45) is 0 Å². The van der Waals surface area contributed by atoms with Gasteiger partial charge in [-0.05, 0) is 23.8 Å². The van der Waals surface area contributed by atoms with Crippen molar-refractivity contribution >= 4 is 29.3 Å². The van der Waals surface area contributed by atoms with Crippen LogP contribution in [0, 0.1) is 11.6 Å². The van der Waals surface area contributed by atoms with Gasteiger partial charge in [-0.1, -0.05) is 0 Å². The van der Waals surface area contributed by atoms with Gasteiger partial charge in [-0.3, -0.25) is 4.79 Å². The zero-order chi connectivity index (χ0) is 12.3. The lowest BCUT2D eigenvalue weighted by Gasteiger charge is -2.19. The summed E-state index contributed by atoms with van der Waals surface area (Å²) in [5.74, 6) is 1.77. The van der Waals surface area contributed by atoms with Gasteiger partial charge in [0.25, 0.3) is 0 Å². The molecule has 1 aliphatic rings. The van der Waals surface area contributed by atoms with Gasteiger partial charge in [0.05, 0.1) is 5.25 Å². The number of carbonyl (C=O) groups is 1. The topological polar surface area (TPSA) is 17.1 Å². The van der Waals surface area contributed by atoms with Crippen LogP contribution in [-0.4, -0.2) is 28.3 Å². The van der Waals surface area contributed by atoms with Gasteiger partial charge in [-0.15, -0.1) is 11.8 Å². The van der Waals surface area contributed by atoms with Crippen LogP contribution in [0.2, 0.25) is 0 Å². The number of halogens is 2. The molecule has 1 saturated heterocycles. The van der Waals surface area contributed by atoms with Gasteiger partial charge in [-0.2, -0.15) is 11.8 Å². The van der Waals surface area contributed by atoms with Gasteiger partial charge in [-0.25, -0.2) is 8.78 Å². The Bertz CT molecular complexity index is 417. The number of rotatable bonds is 3. The predicted molar refractivity (Wildman–Crippen MR) is 68.6 cm³/mol. The van der Waals surface area contributed by atoms with Crippen molar-refractivity contribution in [2.45, 2.75) is 11.7 Å². The molecule has 0 saturated carbocycles. The van der Waals surface area contributed by atoms with Crippen molar-refractivity contribution in [2.75, 3.05) is 17.3 Å². The molecule has 1 fully saturated rings. The van der Waals surface area contributed by atoms with E-state index in [2.05, 4.69) is 0 Å². The molecule has 1 nitrogen and oxygen atoms in total. The largest absolute Gasteiger partial charge is 0.298 e. The molecule has 0 aromatic heterocycles. The average molecular weight is 274 g/mol. The van der Waals surface area contributed by atoms with E-state index in [1.165, 1.54) is 0 Å². The fourth-order valence-corrected chi connectivity index (χ4v) is 4.30. The van der Waals surface area contributed by atoms with Gasteiger partial charge in [0.2, 0.25) is 0 Å². The molecule has 17 heavy (non-hydrogen) atoms. The molecule has 0 spiro atoms. The maximum absolute atomic E-state index is 13.4. The van der Waals surface area contributed by atoms with Crippen LogP contribution in [0.15, 0.2) is 18.2 Å². The third-order valence-corrected chi connectivity index (χ3v) is 5.35. The molecule has 1 aromatic carbocycles. The molecule has 0 N–H and O–H groups in total. The van der Waals surface area contributed by atoms with E-state index >= 15 is 0 Å². The van der Waals surface area contributed by atoms with Crippen LogP contribution in [0.3, 0.4) is 0 Å². The van der Waals surface area contributed by atoms with Crippen LogP contribution in [0.25, 0.3) is 0 Å². The second-order valence-corrected chi connectivity index (χ2v) is 6.27. The van der Waals surface area contributed by atoms with E-state index < -0.39 is 11.6 Å². The SMILES string of the molecule is O=C(Cc1cc(F)ccc1F)C1CSCCS1. The lowest BCUT2D eigenvalue weighted by molar-refractivity contribution is -0.117. The van der Waals surface area contributed by atoms with Gasteiger partial charge in [0, 0.05) is 23.7 Å². The zero-order valence-electron chi connectivity index (χ0n) is 9.12. The quantitative estimate of drug-likeness (QED) is 0.843. The molecule has 5 heteroatoms. The molecule has 0 bridgehead atoms. The molecule has 1 heterocycles. The third-order valence-electron chi connectivity index (χ3n) is 2.55. The summed E-state index contributed by atoms with van der Waals surface area (Å²) in [5, 5.41) is -0.0728. The lowest BCUT2D eigenvalue weighted by atomic mass is 10.1. The molecule has 1 atom stereocenters. The molecular weight excluding hydrogens is 262 g/mol. The van der Waals surface area contributed by atoms with E-state index in [1.807, 2.05) is 0 Å². The normalized spacial score (nSPS) is 20.2. The second-order valence-electron chi connectivity index (χ2n) is 3.81. The summed E-state index contributed by atoms with van der Waals surface area (Å²) in [4.78, 5) is 11.9. The standard InChI is InChI=1S/C12H12F2OS2/c13-9-1-2-10(14)8(5-9)6-11(15)12-7-16-3-4-17-12/h1-2,5,12H,3-4,6-7H2. The lowest BCUT2D eigenvalue weighted by Crippen LogP contribution is -2.26. The molecule has 92 valence electrons. The summed E-state index contributed by atoms with van der Waals surface area (Å²) in [6.07, 6.45) is -0.0121. The third kappa shape index (κ3) is 3.45. The molecule has 1 unspecified atom stereocenters. The molecular formula is C12H12F2OS2. The molecule has 0 aliphatic carbocycles. The summed E-state index contributed by atoms with van der Waals surface area (Å²) >= 11 is 3.35. The van der Waals surface area contributed by atoms with Gasteiger partial charge >= 0.3 is 0 Å². The fraction of sp³-hybridized carbons (Fsp3) is 0.417. The summed E-state index contributed by atoms with van der Waals surface area (Å²) in [7, 11) is 0. The van der Waals surface area contributed by atoms with Crippen molar-refractivity contribution in [1.82, 2.24) is 0 Å². The number of Topliss-reactive ketones (excluding diaryl/α,β-unsaturated/α-hetero) is 1. The predicted octanol–water partition coefficient (Wildman–Crippen LogP) is 2.93. The molecule has 0 radical (unpaired) electrons. The minimum Gasteiger partial charge on any atom is -0.298 e. The van der Waals surface area contributed by atoms with Crippen molar-refractivity contribution in [3.63, 3.8) is 0 Å². The molecule has 2 rings (SSSR count). The summed E-state index contributed by atoms with van der Waals surface area (Å²) < 4.78 is 26.3. The Labute approximate surface area is 107 Å². The van der Waals surface area contributed by atoms with E-state index in [1.54, 1.807) is 23.5 Å². The first-order chi connectivity index (χ1) is 8.16. The van der Waals surface area contributed by atoms with E-state index in [4.69, 9.17) is 0 Å². The first kappa shape index (κ1) is 12.9. The number of ketones is 1. The summed E-state index contributed by atoms with van der Waals surface area (Å²) in [5.41, 5.74) is 0.158. The first-order valence-corrected chi connectivity index (χ1v) is 7.53. The van der Waals surface area contributed by atoms with Gasteiger partial charge < -0.3 is 0 Å². The van der Waals surface area contributed by atoms with Crippen LogP contribution in [-0.2, 0) is 11.2 Å². The highest BCUT2D eigenvalue weighted by Gasteiger charge is 2.23. The van der Waals surface area contributed by atoms with Gasteiger partial charge in [0.15, 0.2) is 5.78 Å². The van der Waals surface area contributed by atoms with Crippen LogP contribution in [0.1, 0.15) is 5.56 Å². The fourth-order valence-electron chi connectivity index (χ4n) is 1.65. The van der Waals surface area contributed by atoms with Gasteiger partial charge in [0.1, 0.15) is 11.6 Å². The summed E-state index contributed by atoms with van der Waals surface area (Å²) in [6.45, 7) is 0. The maximum Gasteiger partial charge on any atom is 0.151 e. The van der Waals surface area contributed by atoms with Crippen LogP contribution in [0.4, 0.5) is 8.78 Å². The summed E-state index contributed by atoms with van der Waals surface area (Å²) in [6, 6.07) is 3.24. The average Bonchev–Trinajstić information content (AvgIpc) is 2.35. The maximum atomic E-state index is 13.4. The van der Waals surface area contributed by atoms with E-state index in [-0.39, 0.29) is 23.0 Å². The Balaban J connectivity index is 2.04. The van der Waals surface area contributed by atoms with E-state index in [0.29, 0.717) is 0 Å². The Kier molecular flexibility index (Phi) is 4.45. The smallest absolute Gasteiger partial charge is 0.151 e. The van der Waals surface area contributed by atoms with Crippen LogP contribution < -0.4 is 0 Å². The minimum atomic E-state index is -0.506. The van der Waals surface area contributed by atoms with Crippen LogP contribution in [0.5, 0.6) is 0 Å². The van der Waals surface area contributed by atoms with E-state index in [9.17, 15) is 13.6 Å². The minimum absolute atomic E-state index is 0.00769. The van der Waals surface area contributed by atoms with Crippen molar-refractivity contribution in [1.29, 1.82) is 0 Å². The highest BCUT2D eigenvalue weighted by molar-refractivity contribution is 8.07. The highest BCUT2D eigenvalue weighted by atomic mass is 32.2. The van der Waals surface area contributed by atoms with Crippen molar-refractivity contribution in [3.05, 3.63) is 35.4 Å². The number of hydrogen-bond acceptors (Lipinski definition) is 3. The number of thioether (sulfide) groups is 2.